The van der Waals surface area contributed by atoms with Gasteiger partial charge in [-0.1, -0.05) is 6.07 Å². The second kappa shape index (κ2) is 5.46. The maximum Gasteiger partial charge on any atom is 0.433 e. The van der Waals surface area contributed by atoms with Crippen molar-refractivity contribution in [2.75, 3.05) is 31.1 Å². The molecule has 0 amide bonds. The Hall–Kier alpha value is -1.34. The number of alkyl halides is 3. The monoisotopic (exact) mass is 300 g/mol. The van der Waals surface area contributed by atoms with Gasteiger partial charge in [0.1, 0.15) is 11.5 Å². The van der Waals surface area contributed by atoms with E-state index in [-0.39, 0.29) is 6.54 Å². The SMILES string of the molecule is NCc1ccc(C(F)(F)F)nc1N1CCN(C2CC2)CC1. The minimum Gasteiger partial charge on any atom is -0.354 e. The van der Waals surface area contributed by atoms with Gasteiger partial charge in [-0.3, -0.25) is 4.90 Å². The fraction of sp³-hybridized carbons (Fsp3) is 0.643. The van der Waals surface area contributed by atoms with Gasteiger partial charge >= 0.3 is 6.18 Å². The molecule has 1 saturated heterocycles. The van der Waals surface area contributed by atoms with Crippen LogP contribution in [0.4, 0.5) is 19.0 Å². The number of rotatable bonds is 3. The van der Waals surface area contributed by atoms with Crippen LogP contribution in [0.25, 0.3) is 0 Å². The number of nitrogens with zero attached hydrogens (tertiary/aromatic N) is 3. The van der Waals surface area contributed by atoms with Crippen molar-refractivity contribution in [2.24, 2.45) is 5.73 Å². The third kappa shape index (κ3) is 3.13. The molecule has 1 aliphatic carbocycles. The van der Waals surface area contributed by atoms with E-state index in [4.69, 9.17) is 5.73 Å². The second-order valence-electron chi connectivity index (χ2n) is 5.64. The highest BCUT2D eigenvalue weighted by molar-refractivity contribution is 5.48. The summed E-state index contributed by atoms with van der Waals surface area (Å²) in [7, 11) is 0. The van der Waals surface area contributed by atoms with E-state index in [1.54, 1.807) is 0 Å². The van der Waals surface area contributed by atoms with Crippen LogP contribution >= 0.6 is 0 Å². The molecule has 7 heteroatoms. The van der Waals surface area contributed by atoms with Gasteiger partial charge in [0.05, 0.1) is 0 Å². The minimum atomic E-state index is -4.42. The maximum absolute atomic E-state index is 12.8. The summed E-state index contributed by atoms with van der Waals surface area (Å²) in [5, 5.41) is 0. The van der Waals surface area contributed by atoms with Crippen LogP contribution in [0, 0.1) is 0 Å². The first-order valence-electron chi connectivity index (χ1n) is 7.25. The molecule has 2 fully saturated rings. The molecule has 3 rings (SSSR count). The molecule has 0 radical (unpaired) electrons. The summed E-state index contributed by atoms with van der Waals surface area (Å²) in [5.41, 5.74) is 5.47. The first kappa shape index (κ1) is 14.6. The maximum atomic E-state index is 12.8. The minimum absolute atomic E-state index is 0.198. The molecule has 0 spiro atoms. The molecule has 2 N–H and O–H groups in total. The van der Waals surface area contributed by atoms with Gasteiger partial charge in [0.15, 0.2) is 0 Å². The molecule has 1 saturated carbocycles. The van der Waals surface area contributed by atoms with Gasteiger partial charge in [-0.15, -0.1) is 0 Å². The highest BCUT2D eigenvalue weighted by Gasteiger charge is 2.35. The van der Waals surface area contributed by atoms with Crippen molar-refractivity contribution >= 4 is 5.82 Å². The van der Waals surface area contributed by atoms with E-state index in [0.29, 0.717) is 30.5 Å². The van der Waals surface area contributed by atoms with Crippen LogP contribution in [0.2, 0.25) is 0 Å². The smallest absolute Gasteiger partial charge is 0.354 e. The lowest BCUT2D eigenvalue weighted by Crippen LogP contribution is -2.48. The van der Waals surface area contributed by atoms with Crippen molar-refractivity contribution in [2.45, 2.75) is 31.6 Å². The van der Waals surface area contributed by atoms with E-state index in [0.717, 1.165) is 19.2 Å². The number of aromatic nitrogens is 1. The molecule has 4 nitrogen and oxygen atoms in total. The van der Waals surface area contributed by atoms with E-state index in [9.17, 15) is 13.2 Å². The molecule has 21 heavy (non-hydrogen) atoms. The molecule has 1 aromatic heterocycles. The van der Waals surface area contributed by atoms with Crippen molar-refractivity contribution in [3.05, 3.63) is 23.4 Å². The molecule has 0 bridgehead atoms. The largest absolute Gasteiger partial charge is 0.433 e. The second-order valence-corrected chi connectivity index (χ2v) is 5.64. The van der Waals surface area contributed by atoms with E-state index in [1.165, 1.54) is 18.9 Å². The number of halogens is 3. The Kier molecular flexibility index (Phi) is 3.79. The summed E-state index contributed by atoms with van der Waals surface area (Å²) in [4.78, 5) is 8.16. The van der Waals surface area contributed by atoms with Gasteiger partial charge in [-0.2, -0.15) is 13.2 Å². The first-order valence-corrected chi connectivity index (χ1v) is 7.25. The van der Waals surface area contributed by atoms with Gasteiger partial charge in [0.25, 0.3) is 0 Å². The summed E-state index contributed by atoms with van der Waals surface area (Å²) in [6.45, 7) is 3.37. The average Bonchev–Trinajstić information content (AvgIpc) is 3.30. The molecule has 2 aliphatic rings. The topological polar surface area (TPSA) is 45.4 Å². The Balaban J connectivity index is 1.79. The number of hydrogen-bond donors (Lipinski definition) is 1. The van der Waals surface area contributed by atoms with E-state index in [2.05, 4.69) is 9.88 Å². The van der Waals surface area contributed by atoms with E-state index < -0.39 is 11.9 Å². The quantitative estimate of drug-likeness (QED) is 0.925. The zero-order valence-corrected chi connectivity index (χ0v) is 11.7. The Morgan fingerprint density at radius 2 is 1.81 bits per heavy atom. The van der Waals surface area contributed by atoms with Gasteiger partial charge in [-0.05, 0) is 18.9 Å². The predicted molar refractivity (Wildman–Crippen MR) is 73.9 cm³/mol. The van der Waals surface area contributed by atoms with Crippen LogP contribution in [0.5, 0.6) is 0 Å². The lowest BCUT2D eigenvalue weighted by atomic mass is 10.2. The van der Waals surface area contributed by atoms with E-state index >= 15 is 0 Å². The number of anilines is 1. The summed E-state index contributed by atoms with van der Waals surface area (Å²) in [5.74, 6) is 0.391. The number of nitrogens with two attached hydrogens (primary N) is 1. The van der Waals surface area contributed by atoms with Gasteiger partial charge < -0.3 is 10.6 Å². The summed E-state index contributed by atoms with van der Waals surface area (Å²) in [6.07, 6.45) is -1.93. The molecular weight excluding hydrogens is 281 g/mol. The Bertz CT molecular complexity index is 505. The first-order chi connectivity index (χ1) is 9.99. The molecule has 0 atom stereocenters. The van der Waals surface area contributed by atoms with Crippen LogP contribution in [-0.2, 0) is 12.7 Å². The van der Waals surface area contributed by atoms with E-state index in [1.807, 2.05) is 4.90 Å². The van der Waals surface area contributed by atoms with Crippen molar-refractivity contribution in [1.82, 2.24) is 9.88 Å². The average molecular weight is 300 g/mol. The van der Waals surface area contributed by atoms with Crippen LogP contribution in [0.15, 0.2) is 12.1 Å². The van der Waals surface area contributed by atoms with Gasteiger partial charge in [0, 0.05) is 44.3 Å². The lowest BCUT2D eigenvalue weighted by molar-refractivity contribution is -0.141. The standard InChI is InChI=1S/C14H19F3N4/c15-14(16,17)12-4-1-10(9-18)13(19-12)21-7-5-20(6-8-21)11-2-3-11/h1,4,11H,2-3,5-9,18H2. The van der Waals surface area contributed by atoms with Crippen molar-refractivity contribution < 1.29 is 13.2 Å². The Morgan fingerprint density at radius 3 is 2.33 bits per heavy atom. The fourth-order valence-electron chi connectivity index (χ4n) is 2.81. The third-order valence-electron chi connectivity index (χ3n) is 4.14. The molecule has 0 unspecified atom stereocenters. The van der Waals surface area contributed by atoms with Gasteiger partial charge in [0.2, 0.25) is 0 Å². The van der Waals surface area contributed by atoms with Crippen LogP contribution in [0.3, 0.4) is 0 Å². The zero-order valence-electron chi connectivity index (χ0n) is 11.7. The Labute approximate surface area is 121 Å². The molecule has 2 heterocycles. The fourth-order valence-corrected chi connectivity index (χ4v) is 2.81. The highest BCUT2D eigenvalue weighted by atomic mass is 19.4. The van der Waals surface area contributed by atoms with Crippen LogP contribution < -0.4 is 10.6 Å². The van der Waals surface area contributed by atoms with Crippen molar-refractivity contribution in [1.29, 1.82) is 0 Å². The van der Waals surface area contributed by atoms with Crippen LogP contribution in [0.1, 0.15) is 24.1 Å². The summed E-state index contributed by atoms with van der Waals surface area (Å²) in [6, 6.07) is 3.14. The highest BCUT2D eigenvalue weighted by Crippen LogP contribution is 2.32. The van der Waals surface area contributed by atoms with Crippen molar-refractivity contribution in [3.63, 3.8) is 0 Å². The van der Waals surface area contributed by atoms with Crippen LogP contribution in [-0.4, -0.2) is 42.1 Å². The molecular formula is C14H19F3N4. The lowest BCUT2D eigenvalue weighted by Gasteiger charge is -2.36. The molecule has 1 aliphatic heterocycles. The third-order valence-corrected chi connectivity index (χ3v) is 4.14. The van der Waals surface area contributed by atoms with Crippen molar-refractivity contribution in [3.8, 4) is 0 Å². The predicted octanol–water partition coefficient (Wildman–Crippen LogP) is 1.84. The normalized spacial score (nSPS) is 20.9. The van der Waals surface area contributed by atoms with Gasteiger partial charge in [-0.25, -0.2) is 4.98 Å². The summed E-state index contributed by atoms with van der Waals surface area (Å²) < 4.78 is 38.5. The summed E-state index contributed by atoms with van der Waals surface area (Å²) >= 11 is 0. The Morgan fingerprint density at radius 1 is 1.14 bits per heavy atom. The molecule has 116 valence electrons. The number of piperazine rings is 1. The molecule has 1 aromatic rings. The number of pyridine rings is 1. The number of hydrogen-bond acceptors (Lipinski definition) is 4. The molecule has 0 aromatic carbocycles. The zero-order chi connectivity index (χ0) is 15.0.